The highest BCUT2D eigenvalue weighted by molar-refractivity contribution is 8.02. The third-order valence-corrected chi connectivity index (χ3v) is 9.75. The summed E-state index contributed by atoms with van der Waals surface area (Å²) in [6.45, 7) is 13.6. The van der Waals surface area contributed by atoms with Gasteiger partial charge in [0.15, 0.2) is 0 Å². The number of hydrogen-bond acceptors (Lipinski definition) is 6. The monoisotopic (exact) mass is 498 g/mol. The summed E-state index contributed by atoms with van der Waals surface area (Å²) < 4.78 is 4.63. The summed E-state index contributed by atoms with van der Waals surface area (Å²) in [5.41, 5.74) is 2.74. The first kappa shape index (κ1) is 25.5. The van der Waals surface area contributed by atoms with Crippen molar-refractivity contribution >= 4 is 35.2 Å². The van der Waals surface area contributed by atoms with Gasteiger partial charge in [-0.25, -0.2) is 0 Å². The van der Waals surface area contributed by atoms with Crippen LogP contribution in [0.15, 0.2) is 43.5 Å². The molecule has 3 unspecified atom stereocenters. The summed E-state index contributed by atoms with van der Waals surface area (Å²) in [5, 5.41) is 9.74. The van der Waals surface area contributed by atoms with Gasteiger partial charge in [0.1, 0.15) is 12.6 Å². The molecule has 2 amide bonds. The standard InChI is InChI=1S/C27H34N2O5S/c1-6-10-28(19-14-16(3)8-9-17(19)4)25(32)23-27-18(5)15-20(35-27)21(26(33)34-13-7-2)22(27)24(31)29(23)11-12-30/h6-9,14,18,20-23,30H,1-2,10-13,15H2,3-5H3/t18?,20-,21+,22+,23?,27?/m1/s1. The van der Waals surface area contributed by atoms with E-state index in [4.69, 9.17) is 4.74 Å². The van der Waals surface area contributed by atoms with E-state index in [0.29, 0.717) is 0 Å². The molecule has 1 aromatic carbocycles. The first-order valence-corrected chi connectivity index (χ1v) is 13.0. The van der Waals surface area contributed by atoms with Gasteiger partial charge in [0.2, 0.25) is 5.91 Å². The molecule has 3 aliphatic heterocycles. The third-order valence-electron chi connectivity index (χ3n) is 7.67. The molecule has 1 aromatic rings. The highest BCUT2D eigenvalue weighted by atomic mass is 32.2. The maximum atomic E-state index is 14.4. The van der Waals surface area contributed by atoms with Gasteiger partial charge in [0, 0.05) is 24.0 Å². The van der Waals surface area contributed by atoms with Gasteiger partial charge in [-0.2, -0.15) is 0 Å². The summed E-state index contributed by atoms with van der Waals surface area (Å²) in [6, 6.07) is 5.15. The number of hydrogen-bond donors (Lipinski definition) is 1. The number of amides is 2. The van der Waals surface area contributed by atoms with E-state index in [2.05, 4.69) is 20.1 Å². The first-order valence-electron chi connectivity index (χ1n) is 12.1. The second-order valence-electron chi connectivity index (χ2n) is 9.75. The Bertz CT molecular complexity index is 1060. The molecule has 3 aliphatic rings. The number of nitrogens with zero attached hydrogens (tertiary/aromatic N) is 2. The quantitative estimate of drug-likeness (QED) is 0.416. The van der Waals surface area contributed by atoms with Crippen molar-refractivity contribution in [3.63, 3.8) is 0 Å². The molecule has 188 valence electrons. The van der Waals surface area contributed by atoms with Crippen LogP contribution in [0.1, 0.15) is 24.5 Å². The van der Waals surface area contributed by atoms with E-state index in [-0.39, 0.29) is 49.3 Å². The number of anilines is 1. The molecular weight excluding hydrogens is 464 g/mol. The van der Waals surface area contributed by atoms with Gasteiger partial charge in [-0.15, -0.1) is 18.3 Å². The molecule has 35 heavy (non-hydrogen) atoms. The van der Waals surface area contributed by atoms with E-state index in [1.807, 2.05) is 32.0 Å². The van der Waals surface area contributed by atoms with E-state index in [9.17, 15) is 19.5 Å². The number of aryl methyl sites for hydroxylation is 2. The van der Waals surface area contributed by atoms with Crippen molar-refractivity contribution in [3.8, 4) is 0 Å². The molecule has 4 rings (SSSR count). The number of β-amino-alcohol motifs (C(OH)–C–C–N with tert-alkyl or cyclic N) is 1. The van der Waals surface area contributed by atoms with Gasteiger partial charge in [-0.05, 0) is 43.4 Å². The van der Waals surface area contributed by atoms with Crippen LogP contribution in [0.5, 0.6) is 0 Å². The number of aliphatic hydroxyl groups is 1. The molecule has 6 atom stereocenters. The Morgan fingerprint density at radius 2 is 2.06 bits per heavy atom. The minimum absolute atomic E-state index is 0.0363. The number of benzene rings is 1. The predicted molar refractivity (Wildman–Crippen MR) is 137 cm³/mol. The fourth-order valence-electron chi connectivity index (χ4n) is 6.25. The Morgan fingerprint density at radius 3 is 2.71 bits per heavy atom. The molecule has 0 radical (unpaired) electrons. The largest absolute Gasteiger partial charge is 0.461 e. The van der Waals surface area contributed by atoms with Gasteiger partial charge in [-0.1, -0.05) is 37.8 Å². The van der Waals surface area contributed by atoms with Crippen LogP contribution in [0.3, 0.4) is 0 Å². The lowest BCUT2D eigenvalue weighted by Crippen LogP contribution is -2.57. The van der Waals surface area contributed by atoms with E-state index in [1.54, 1.807) is 22.7 Å². The van der Waals surface area contributed by atoms with Crippen molar-refractivity contribution in [3.05, 3.63) is 54.6 Å². The Balaban J connectivity index is 1.80. The van der Waals surface area contributed by atoms with E-state index in [1.165, 1.54) is 11.0 Å². The lowest BCUT2D eigenvalue weighted by molar-refractivity contribution is -0.153. The number of carbonyl (C=O) groups excluding carboxylic acids is 3. The fourth-order valence-corrected chi connectivity index (χ4v) is 8.65. The smallest absolute Gasteiger partial charge is 0.311 e. The molecule has 8 heteroatoms. The number of rotatable bonds is 9. The summed E-state index contributed by atoms with van der Waals surface area (Å²) in [6.07, 6.45) is 3.92. The molecule has 3 saturated heterocycles. The molecular formula is C27H34N2O5S. The molecule has 2 bridgehead atoms. The molecule has 1 spiro atoms. The lowest BCUT2D eigenvalue weighted by Gasteiger charge is -2.40. The number of fused-ring (bicyclic) bond motifs is 1. The van der Waals surface area contributed by atoms with Gasteiger partial charge >= 0.3 is 5.97 Å². The minimum atomic E-state index is -0.797. The summed E-state index contributed by atoms with van der Waals surface area (Å²) in [5.74, 6) is -2.11. The van der Waals surface area contributed by atoms with E-state index < -0.39 is 28.6 Å². The Morgan fingerprint density at radius 1 is 1.31 bits per heavy atom. The van der Waals surface area contributed by atoms with Crippen molar-refractivity contribution in [2.45, 2.75) is 43.2 Å². The Kier molecular flexibility index (Phi) is 7.16. The van der Waals surface area contributed by atoms with Crippen LogP contribution < -0.4 is 4.90 Å². The number of likely N-dealkylation sites (tertiary alicyclic amines) is 1. The normalized spacial score (nSPS) is 30.8. The molecule has 0 aromatic heterocycles. The van der Waals surface area contributed by atoms with Crippen molar-refractivity contribution in [2.24, 2.45) is 17.8 Å². The van der Waals surface area contributed by atoms with Gasteiger partial charge in [0.05, 0.1) is 23.2 Å². The fraction of sp³-hybridized carbons (Fsp3) is 0.519. The summed E-state index contributed by atoms with van der Waals surface area (Å²) in [4.78, 5) is 44.5. The van der Waals surface area contributed by atoms with Crippen molar-refractivity contribution in [1.29, 1.82) is 0 Å². The van der Waals surface area contributed by atoms with Crippen LogP contribution >= 0.6 is 11.8 Å². The van der Waals surface area contributed by atoms with Gasteiger partial charge < -0.3 is 19.6 Å². The predicted octanol–water partition coefficient (Wildman–Crippen LogP) is 2.88. The zero-order valence-corrected chi connectivity index (χ0v) is 21.4. The Labute approximate surface area is 211 Å². The van der Waals surface area contributed by atoms with Crippen LogP contribution in [0.2, 0.25) is 0 Å². The number of aliphatic hydroxyl groups excluding tert-OH is 1. The highest BCUT2D eigenvalue weighted by Crippen LogP contribution is 2.68. The van der Waals surface area contributed by atoms with E-state index >= 15 is 0 Å². The second kappa shape index (κ2) is 9.82. The number of esters is 1. The van der Waals surface area contributed by atoms with Gasteiger partial charge in [0.25, 0.3) is 5.91 Å². The number of ether oxygens (including phenoxy) is 1. The minimum Gasteiger partial charge on any atom is -0.461 e. The van der Waals surface area contributed by atoms with Crippen LogP contribution in [-0.4, -0.2) is 70.1 Å². The second-order valence-corrected chi connectivity index (χ2v) is 11.3. The maximum absolute atomic E-state index is 14.4. The lowest BCUT2D eigenvalue weighted by atomic mass is 9.66. The van der Waals surface area contributed by atoms with Crippen molar-refractivity contribution in [2.75, 3.05) is 31.2 Å². The summed E-state index contributed by atoms with van der Waals surface area (Å²) in [7, 11) is 0. The topological polar surface area (TPSA) is 87.1 Å². The molecule has 3 heterocycles. The molecule has 3 fully saturated rings. The van der Waals surface area contributed by atoms with Crippen LogP contribution in [-0.2, 0) is 19.1 Å². The van der Waals surface area contributed by atoms with Crippen LogP contribution in [0.4, 0.5) is 5.69 Å². The maximum Gasteiger partial charge on any atom is 0.311 e. The van der Waals surface area contributed by atoms with Crippen LogP contribution in [0.25, 0.3) is 0 Å². The molecule has 0 saturated carbocycles. The zero-order valence-electron chi connectivity index (χ0n) is 20.6. The van der Waals surface area contributed by atoms with Crippen LogP contribution in [0, 0.1) is 31.6 Å². The van der Waals surface area contributed by atoms with Crippen molar-refractivity contribution in [1.82, 2.24) is 4.90 Å². The average Bonchev–Trinajstić information content (AvgIpc) is 3.41. The van der Waals surface area contributed by atoms with Crippen molar-refractivity contribution < 1.29 is 24.2 Å². The SMILES string of the molecule is C=CCOC(=O)[C@@H]1[C@H]2C(=O)N(CCO)C(C(=O)N(CC=C)c3cc(C)ccc3C)C23S[C@@H]1CC3C. The van der Waals surface area contributed by atoms with E-state index in [0.717, 1.165) is 23.2 Å². The molecule has 1 N–H and O–H groups in total. The third kappa shape index (κ3) is 3.91. The number of thioether (sulfide) groups is 1. The average molecular weight is 499 g/mol. The molecule has 0 aliphatic carbocycles. The van der Waals surface area contributed by atoms with Gasteiger partial charge in [-0.3, -0.25) is 14.4 Å². The highest BCUT2D eigenvalue weighted by Gasteiger charge is 2.76. The molecule has 7 nitrogen and oxygen atoms in total. The first-order chi connectivity index (χ1) is 16.7. The summed E-state index contributed by atoms with van der Waals surface area (Å²) >= 11 is 1.59. The zero-order chi connectivity index (χ0) is 25.5. The number of carbonyl (C=O) groups is 3. The Hall–Kier alpha value is -2.58.